The van der Waals surface area contributed by atoms with Gasteiger partial charge < -0.3 is 20.5 Å². The van der Waals surface area contributed by atoms with Crippen molar-refractivity contribution in [3.8, 4) is 0 Å². The second kappa shape index (κ2) is 24.4. The van der Waals surface area contributed by atoms with Gasteiger partial charge in [-0.2, -0.15) is 0 Å². The van der Waals surface area contributed by atoms with Gasteiger partial charge in [0, 0.05) is 0 Å². The molecule has 8 heavy (non-hydrogen) atoms. The molecule has 0 aromatic carbocycles. The van der Waals surface area contributed by atoms with Crippen LogP contribution in [0.25, 0.3) is 0 Å². The molecule has 0 aliphatic heterocycles. The van der Waals surface area contributed by atoms with Crippen LogP contribution in [0.2, 0.25) is 0 Å². The first-order valence-corrected chi connectivity index (χ1v) is 1.48. The van der Waals surface area contributed by atoms with Crippen LogP contribution >= 0.6 is 0 Å². The van der Waals surface area contributed by atoms with E-state index in [0.717, 1.165) is 0 Å². The summed E-state index contributed by atoms with van der Waals surface area (Å²) in [5.74, 6) is 0. The molecule has 0 aliphatic carbocycles. The van der Waals surface area contributed by atoms with Gasteiger partial charge in [-0.05, 0) is 6.16 Å². The summed E-state index contributed by atoms with van der Waals surface area (Å²) in [5.41, 5.74) is 0. The first-order valence-electron chi connectivity index (χ1n) is 0.901. The van der Waals surface area contributed by atoms with Crippen LogP contribution in [0.1, 0.15) is 0 Å². The average molecular weight is 158 g/mol. The topological polar surface area (TPSA) is 112 Å². The Kier molecular flexibility index (Phi) is 70.1. The van der Waals surface area contributed by atoms with E-state index in [2.05, 4.69) is 0 Å². The minimum atomic E-state index is -2.33. The molecule has 0 heterocycles. The van der Waals surface area contributed by atoms with Crippen LogP contribution in [0.4, 0.5) is 4.79 Å². The van der Waals surface area contributed by atoms with Gasteiger partial charge in [-0.25, -0.2) is 0 Å². The third-order valence-corrected chi connectivity index (χ3v) is 0. The Morgan fingerprint density at radius 3 is 1.25 bits per heavy atom. The number of carbonyl (C=O) groups is 1. The molecule has 0 spiro atoms. The Morgan fingerprint density at radius 1 is 1.25 bits per heavy atom. The molecule has 0 radical (unpaired) electrons. The standard InChI is InChI=1S/CH2O3.Ca.Mg.H2O.O/c2-1(3)4;;;;/h(H2,2,3,4);;;1H2;/q;+2;;;/p-2. The van der Waals surface area contributed by atoms with Crippen molar-refractivity contribution in [3.05, 3.63) is 0 Å². The average Bonchev–Trinajstić information content (AvgIpc) is 1.41. The zero-order valence-corrected chi connectivity index (χ0v) is 7.67. The van der Waals surface area contributed by atoms with Gasteiger partial charge in [0.05, 0.1) is 0 Å². The number of carbonyl (C=O) groups excluding carboxylic acids is 1. The quantitative estimate of drug-likeness (QED) is 0.333. The Balaban J connectivity index is -0.0000000183. The van der Waals surface area contributed by atoms with Gasteiger partial charge >= 0.3 is 62.6 Å². The molecule has 0 aliphatic rings. The van der Waals surface area contributed by atoms with E-state index >= 15 is 0 Å². The summed E-state index contributed by atoms with van der Waals surface area (Å²) in [7, 11) is 0. The SMILES string of the molecule is O.O=C([O-])[O-].[Ca+2].[O]=[Mg]. The van der Waals surface area contributed by atoms with Gasteiger partial charge in [-0.15, -0.1) is 0 Å². The Morgan fingerprint density at radius 2 is 1.25 bits per heavy atom. The molecule has 0 aromatic rings. The van der Waals surface area contributed by atoms with E-state index < -0.39 is 6.16 Å². The summed E-state index contributed by atoms with van der Waals surface area (Å²) >= 11 is 0.611. The summed E-state index contributed by atoms with van der Waals surface area (Å²) in [6.07, 6.45) is -2.33. The maximum absolute atomic E-state index is 8.33. The van der Waals surface area contributed by atoms with Crippen LogP contribution in [0.15, 0.2) is 0 Å². The van der Waals surface area contributed by atoms with E-state index in [1.165, 1.54) is 0 Å². The van der Waals surface area contributed by atoms with Gasteiger partial charge in [0.2, 0.25) is 0 Å². The van der Waals surface area contributed by atoms with E-state index in [9.17, 15) is 0 Å². The van der Waals surface area contributed by atoms with Crippen molar-refractivity contribution in [1.29, 1.82) is 0 Å². The van der Waals surface area contributed by atoms with Crippen molar-refractivity contribution < 1.29 is 23.7 Å². The number of hydrogen-bond donors (Lipinski definition) is 0. The summed E-state index contributed by atoms with van der Waals surface area (Å²) < 4.78 is 8.28. The van der Waals surface area contributed by atoms with Crippen molar-refractivity contribution in [1.82, 2.24) is 0 Å². The van der Waals surface area contributed by atoms with Crippen LogP contribution in [-0.2, 0) is 3.17 Å². The van der Waals surface area contributed by atoms with Crippen LogP contribution in [0.3, 0.4) is 0 Å². The monoisotopic (exact) mass is 158 g/mol. The van der Waals surface area contributed by atoms with Gasteiger partial charge in [0.25, 0.3) is 0 Å². The minimum absolute atomic E-state index is 0. The van der Waals surface area contributed by atoms with Crippen molar-refractivity contribution >= 4 is 65.6 Å². The number of carboxylic acid groups (broad SMARTS) is 2. The molecule has 0 amide bonds. The second-order valence-electron chi connectivity index (χ2n) is 0.250. The Hall–Kier alpha value is 1.06. The Labute approximate surface area is 88.2 Å². The van der Waals surface area contributed by atoms with E-state index in [1.807, 2.05) is 0 Å². The van der Waals surface area contributed by atoms with Crippen molar-refractivity contribution in [2.24, 2.45) is 0 Å². The van der Waals surface area contributed by atoms with Gasteiger partial charge in [-0.1, -0.05) is 0 Å². The van der Waals surface area contributed by atoms with E-state index in [1.54, 1.807) is 0 Å². The zero-order valence-electron chi connectivity index (χ0n) is 4.05. The predicted octanol–water partition coefficient (Wildman–Crippen LogP) is -4.15. The fourth-order valence-corrected chi connectivity index (χ4v) is 0. The molecular formula is CH2CaMgO5. The first-order chi connectivity index (χ1) is 2.73. The molecule has 5 nitrogen and oxygen atoms in total. The second-order valence-corrected chi connectivity index (χ2v) is 0.250. The molecule has 0 fully saturated rings. The molecular weight excluding hydrogens is 156 g/mol. The summed E-state index contributed by atoms with van der Waals surface area (Å²) in [4.78, 5) is 8.33. The molecule has 2 N–H and O–H groups in total. The van der Waals surface area contributed by atoms with E-state index in [0.29, 0.717) is 21.7 Å². The molecule has 0 atom stereocenters. The number of rotatable bonds is 0. The van der Waals surface area contributed by atoms with Crippen molar-refractivity contribution in [2.75, 3.05) is 0 Å². The fourth-order valence-electron chi connectivity index (χ4n) is 0. The van der Waals surface area contributed by atoms with Crippen LogP contribution in [0, 0.1) is 0 Å². The maximum atomic E-state index is 8.33. The fraction of sp³-hybridized carbons (Fsp3) is 0. The van der Waals surface area contributed by atoms with E-state index in [4.69, 9.17) is 18.2 Å². The van der Waals surface area contributed by atoms with Crippen LogP contribution in [0.5, 0.6) is 0 Å². The predicted molar refractivity (Wildman–Crippen MR) is 21.2 cm³/mol. The third-order valence-electron chi connectivity index (χ3n) is 0. The zero-order chi connectivity index (χ0) is 5.58. The molecule has 0 saturated carbocycles. The van der Waals surface area contributed by atoms with E-state index in [-0.39, 0.29) is 43.2 Å². The van der Waals surface area contributed by atoms with Gasteiger partial charge in [-0.3, -0.25) is 0 Å². The molecule has 40 valence electrons. The molecule has 0 bridgehead atoms. The van der Waals surface area contributed by atoms with Crippen molar-refractivity contribution in [3.63, 3.8) is 0 Å². The first kappa shape index (κ1) is 23.0. The molecule has 7 heteroatoms. The number of hydrogen-bond acceptors (Lipinski definition) is 4. The normalized spacial score (nSPS) is 3.75. The Bertz CT molecular complexity index is 43.7. The van der Waals surface area contributed by atoms with Crippen LogP contribution in [-0.4, -0.2) is 71.1 Å². The van der Waals surface area contributed by atoms with Gasteiger partial charge in [0.15, 0.2) is 0 Å². The third kappa shape index (κ3) is 232. The molecule has 0 rings (SSSR count). The summed E-state index contributed by atoms with van der Waals surface area (Å²) in [6.45, 7) is 0. The van der Waals surface area contributed by atoms with Crippen LogP contribution < -0.4 is 10.2 Å². The molecule has 0 unspecified atom stereocenters. The summed E-state index contributed by atoms with van der Waals surface area (Å²) in [6, 6.07) is 0. The molecule has 0 saturated heterocycles. The van der Waals surface area contributed by atoms with Gasteiger partial charge in [0.1, 0.15) is 0 Å². The summed E-state index contributed by atoms with van der Waals surface area (Å²) in [5, 5.41) is 16.7. The molecule has 0 aromatic heterocycles. The van der Waals surface area contributed by atoms with Crippen molar-refractivity contribution in [2.45, 2.75) is 0 Å².